The monoisotopic (exact) mass is 400 g/mol. The molecule has 10 heteroatoms. The molecule has 0 fully saturated rings. The molecule has 3 heterocycles. The van der Waals surface area contributed by atoms with Gasteiger partial charge >= 0.3 is 0 Å². The number of aryl methyl sites for hydroxylation is 2. The van der Waals surface area contributed by atoms with Gasteiger partial charge in [0.2, 0.25) is 9.74 Å². The predicted molar refractivity (Wildman–Crippen MR) is 97.2 cm³/mol. The Morgan fingerprint density at radius 2 is 1.71 bits per heavy atom. The lowest BCUT2D eigenvalue weighted by molar-refractivity contribution is 0.930. The van der Waals surface area contributed by atoms with Crippen LogP contribution in [0.25, 0.3) is 11.4 Å². The summed E-state index contributed by atoms with van der Waals surface area (Å²) in [5, 5.41) is 3.70. The van der Waals surface area contributed by atoms with E-state index in [2.05, 4.69) is 30.2 Å². The van der Waals surface area contributed by atoms with Crippen molar-refractivity contribution in [2.45, 2.75) is 17.6 Å². The number of nitrogens with one attached hydrogen (secondary N) is 1. The summed E-state index contributed by atoms with van der Waals surface area (Å²) < 4.78 is -1.77. The maximum Gasteiger partial charge on any atom is 0.250 e. The van der Waals surface area contributed by atoms with Gasteiger partial charge in [-0.2, -0.15) is 9.97 Å². The molecule has 0 bridgehead atoms. The summed E-state index contributed by atoms with van der Waals surface area (Å²) in [4.78, 5) is 22.3. The van der Waals surface area contributed by atoms with Gasteiger partial charge in [0.1, 0.15) is 0 Å². The molecule has 0 spiro atoms. The molecule has 3 aromatic rings. The average Bonchev–Trinajstić information content (AvgIpc) is 2.85. The van der Waals surface area contributed by atoms with Crippen molar-refractivity contribution in [2.75, 3.05) is 5.32 Å². The molecule has 0 saturated carbocycles. The largest absolute Gasteiger partial charge is 0.300 e. The molecule has 0 aromatic carbocycles. The van der Waals surface area contributed by atoms with Gasteiger partial charge in [0, 0.05) is 22.8 Å². The van der Waals surface area contributed by atoms with E-state index in [9.17, 15) is 0 Å². The Morgan fingerprint density at radius 1 is 1.00 bits per heavy atom. The van der Waals surface area contributed by atoms with E-state index in [-0.39, 0.29) is 11.8 Å². The van der Waals surface area contributed by atoms with Gasteiger partial charge < -0.3 is 0 Å². The maximum atomic E-state index is 5.95. The quantitative estimate of drug-likeness (QED) is 0.647. The van der Waals surface area contributed by atoms with Crippen molar-refractivity contribution in [3.63, 3.8) is 0 Å². The minimum atomic E-state index is -1.77. The van der Waals surface area contributed by atoms with E-state index >= 15 is 0 Å². The van der Waals surface area contributed by atoms with Crippen molar-refractivity contribution in [1.29, 1.82) is 0 Å². The van der Waals surface area contributed by atoms with E-state index in [4.69, 9.17) is 34.8 Å². The first kappa shape index (κ1) is 17.3. The van der Waals surface area contributed by atoms with Crippen LogP contribution in [-0.4, -0.2) is 24.9 Å². The van der Waals surface area contributed by atoms with E-state index in [0.29, 0.717) is 11.0 Å². The van der Waals surface area contributed by atoms with E-state index in [1.807, 2.05) is 13.8 Å². The summed E-state index contributed by atoms with van der Waals surface area (Å²) in [6.45, 7) is 3.92. The second-order valence-corrected chi connectivity index (χ2v) is 8.31. The highest BCUT2D eigenvalue weighted by molar-refractivity contribution is 7.15. The number of hydrogen-bond donors (Lipinski definition) is 1. The average molecular weight is 402 g/mol. The molecule has 24 heavy (non-hydrogen) atoms. The van der Waals surface area contributed by atoms with Gasteiger partial charge in [0.05, 0.1) is 5.69 Å². The third-order valence-corrected chi connectivity index (χ3v) is 4.57. The number of thiazole rings is 1. The lowest BCUT2D eigenvalue weighted by Gasteiger charge is -2.12. The first-order valence-electron chi connectivity index (χ1n) is 6.77. The Kier molecular flexibility index (Phi) is 4.87. The topological polar surface area (TPSA) is 76.5 Å². The van der Waals surface area contributed by atoms with Gasteiger partial charge in [-0.3, -0.25) is 10.3 Å². The summed E-state index contributed by atoms with van der Waals surface area (Å²) in [5.74, 6) is 0.662. The number of anilines is 2. The minimum absolute atomic E-state index is 0.0295. The number of alkyl halides is 3. The van der Waals surface area contributed by atoms with Crippen molar-refractivity contribution in [1.82, 2.24) is 24.9 Å². The smallest absolute Gasteiger partial charge is 0.250 e. The highest BCUT2D eigenvalue weighted by atomic mass is 35.6. The summed E-state index contributed by atoms with van der Waals surface area (Å²) in [7, 11) is 0. The zero-order valence-electron chi connectivity index (χ0n) is 12.6. The zero-order valence-corrected chi connectivity index (χ0v) is 15.7. The molecular formula is C14H11Cl3N6S. The zero-order chi connectivity index (χ0) is 17.3. The maximum absolute atomic E-state index is 5.95. The summed E-state index contributed by atoms with van der Waals surface area (Å²) >= 11 is 19.3. The molecule has 0 amide bonds. The molecule has 0 aliphatic heterocycles. The SMILES string of the molecule is Cc1nc(Nc2nc(-c3ccncc3)nc(C(Cl)(Cl)Cl)n2)sc1C. The summed E-state index contributed by atoms with van der Waals surface area (Å²) in [5.41, 5.74) is 1.67. The van der Waals surface area contributed by atoms with Gasteiger partial charge in [-0.1, -0.05) is 34.8 Å². The first-order valence-corrected chi connectivity index (χ1v) is 8.72. The Bertz CT molecular complexity index is 843. The van der Waals surface area contributed by atoms with Crippen molar-refractivity contribution in [3.8, 4) is 11.4 Å². The van der Waals surface area contributed by atoms with Gasteiger partial charge in [-0.25, -0.2) is 9.97 Å². The van der Waals surface area contributed by atoms with E-state index in [1.165, 1.54) is 11.3 Å². The molecule has 0 saturated heterocycles. The molecule has 0 atom stereocenters. The fraction of sp³-hybridized carbons (Fsp3) is 0.214. The lowest BCUT2D eigenvalue weighted by atomic mass is 10.2. The number of hydrogen-bond acceptors (Lipinski definition) is 7. The Hall–Kier alpha value is -1.54. The van der Waals surface area contributed by atoms with Gasteiger partial charge in [0.25, 0.3) is 0 Å². The molecule has 0 radical (unpaired) electrons. The van der Waals surface area contributed by atoms with Crippen molar-refractivity contribution in [3.05, 3.63) is 40.9 Å². The number of pyridine rings is 1. The predicted octanol–water partition coefficient (Wildman–Crippen LogP) is 4.58. The van der Waals surface area contributed by atoms with E-state index < -0.39 is 3.79 Å². The number of halogens is 3. The number of rotatable bonds is 3. The van der Waals surface area contributed by atoms with Crippen LogP contribution in [0.2, 0.25) is 0 Å². The van der Waals surface area contributed by atoms with Crippen molar-refractivity contribution < 1.29 is 0 Å². The van der Waals surface area contributed by atoms with Crippen LogP contribution >= 0.6 is 46.1 Å². The van der Waals surface area contributed by atoms with Crippen molar-refractivity contribution >= 4 is 57.2 Å². The van der Waals surface area contributed by atoms with E-state index in [0.717, 1.165) is 16.1 Å². The minimum Gasteiger partial charge on any atom is -0.300 e. The van der Waals surface area contributed by atoms with Gasteiger partial charge in [0.15, 0.2) is 16.8 Å². The standard InChI is InChI=1S/C14H11Cl3N6S/c1-7-8(2)24-13(19-7)23-12-21-10(9-3-5-18-6-4-9)20-11(22-12)14(15,16)17/h3-6H,1-2H3,(H,19,20,21,22,23). The third kappa shape index (κ3) is 3.92. The second kappa shape index (κ2) is 6.76. The molecule has 6 nitrogen and oxygen atoms in total. The molecule has 0 aliphatic carbocycles. The molecule has 3 aromatic heterocycles. The molecule has 0 unspecified atom stereocenters. The van der Waals surface area contributed by atoms with Gasteiger partial charge in [-0.15, -0.1) is 11.3 Å². The highest BCUT2D eigenvalue weighted by Crippen LogP contribution is 2.37. The highest BCUT2D eigenvalue weighted by Gasteiger charge is 2.28. The summed E-state index contributed by atoms with van der Waals surface area (Å²) in [6, 6.07) is 3.53. The fourth-order valence-corrected chi connectivity index (χ4v) is 2.87. The number of aromatic nitrogens is 5. The molecular weight excluding hydrogens is 391 g/mol. The van der Waals surface area contributed by atoms with Gasteiger partial charge in [-0.05, 0) is 26.0 Å². The normalized spacial score (nSPS) is 11.5. The Labute approximate surface area is 157 Å². The van der Waals surface area contributed by atoms with Crippen LogP contribution in [0.3, 0.4) is 0 Å². The molecule has 3 rings (SSSR count). The van der Waals surface area contributed by atoms with Crippen LogP contribution in [0, 0.1) is 13.8 Å². The van der Waals surface area contributed by atoms with Crippen LogP contribution in [0.4, 0.5) is 11.1 Å². The van der Waals surface area contributed by atoms with Crippen LogP contribution < -0.4 is 5.32 Å². The summed E-state index contributed by atoms with van der Waals surface area (Å²) in [6.07, 6.45) is 3.27. The molecule has 124 valence electrons. The second-order valence-electron chi connectivity index (χ2n) is 4.83. The molecule has 0 aliphatic rings. The van der Waals surface area contributed by atoms with Crippen LogP contribution in [0.15, 0.2) is 24.5 Å². The van der Waals surface area contributed by atoms with Crippen LogP contribution in [-0.2, 0) is 3.79 Å². The lowest BCUT2D eigenvalue weighted by Crippen LogP contribution is -2.12. The third-order valence-electron chi connectivity index (χ3n) is 3.07. The Balaban J connectivity index is 2.05. The number of nitrogens with zero attached hydrogens (tertiary/aromatic N) is 5. The van der Waals surface area contributed by atoms with Crippen molar-refractivity contribution in [2.24, 2.45) is 0 Å². The molecule has 1 N–H and O–H groups in total. The van der Waals surface area contributed by atoms with Crippen LogP contribution in [0.5, 0.6) is 0 Å². The van der Waals surface area contributed by atoms with Crippen LogP contribution in [0.1, 0.15) is 16.4 Å². The Morgan fingerprint density at radius 3 is 2.29 bits per heavy atom. The van der Waals surface area contributed by atoms with E-state index in [1.54, 1.807) is 24.5 Å². The fourth-order valence-electron chi connectivity index (χ4n) is 1.81. The first-order chi connectivity index (χ1) is 11.3.